The average molecular weight is 206 g/mol. The minimum Gasteiger partial charge on any atom is -0.427 e. The van der Waals surface area contributed by atoms with Crippen LogP contribution in [0.5, 0.6) is 0 Å². The Labute approximate surface area is 91.1 Å². The minimum atomic E-state index is -1.24. The highest BCUT2D eigenvalue weighted by Gasteiger charge is 2.07. The fourth-order valence-electron chi connectivity index (χ4n) is 1.42. The van der Waals surface area contributed by atoms with Crippen LogP contribution in [-0.4, -0.2) is 17.2 Å². The van der Waals surface area contributed by atoms with Crippen LogP contribution < -0.4 is 5.73 Å². The lowest BCUT2D eigenvalue weighted by molar-refractivity contribution is 0.405. The highest BCUT2D eigenvalue weighted by atomic mass is 16.4. The van der Waals surface area contributed by atoms with E-state index < -0.39 is 7.12 Å². The number of hydrogen-bond acceptors (Lipinski definition) is 3. The fourth-order valence-corrected chi connectivity index (χ4v) is 1.42. The van der Waals surface area contributed by atoms with E-state index >= 15 is 0 Å². The molecule has 0 saturated heterocycles. The van der Waals surface area contributed by atoms with Crippen LogP contribution in [0.25, 0.3) is 0 Å². The average Bonchev–Trinajstić information content (AvgIpc) is 2.20. The molecule has 0 spiro atoms. The number of nitrogens with two attached hydrogens (primary N) is 1. The molecule has 3 nitrogen and oxygen atoms in total. The summed E-state index contributed by atoms with van der Waals surface area (Å²) in [7, 11) is -1.24. The van der Waals surface area contributed by atoms with Crippen molar-refractivity contribution in [2.45, 2.75) is 26.1 Å². The molecule has 0 unspecified atom stereocenters. The SMILES string of the molecule is CCc1ccc([CH]CCB(O)O)c(N)c1. The van der Waals surface area contributed by atoms with Crippen molar-refractivity contribution in [3.05, 3.63) is 35.7 Å². The minimum absolute atomic E-state index is 0.342. The van der Waals surface area contributed by atoms with Crippen molar-refractivity contribution in [2.24, 2.45) is 0 Å². The zero-order valence-corrected chi connectivity index (χ0v) is 8.98. The van der Waals surface area contributed by atoms with Crippen molar-refractivity contribution >= 4 is 12.8 Å². The summed E-state index contributed by atoms with van der Waals surface area (Å²) in [4.78, 5) is 0. The molecule has 0 saturated carbocycles. The Morgan fingerprint density at radius 1 is 1.40 bits per heavy atom. The van der Waals surface area contributed by atoms with Gasteiger partial charge in [0.05, 0.1) is 0 Å². The highest BCUT2D eigenvalue weighted by molar-refractivity contribution is 6.40. The van der Waals surface area contributed by atoms with Gasteiger partial charge >= 0.3 is 7.12 Å². The van der Waals surface area contributed by atoms with Gasteiger partial charge in [-0.1, -0.05) is 19.1 Å². The Balaban J connectivity index is 2.54. The second kappa shape index (κ2) is 5.78. The predicted molar refractivity (Wildman–Crippen MR) is 63.3 cm³/mol. The van der Waals surface area contributed by atoms with E-state index in [0.717, 1.165) is 17.7 Å². The summed E-state index contributed by atoms with van der Waals surface area (Å²) in [5.41, 5.74) is 8.79. The van der Waals surface area contributed by atoms with E-state index in [0.29, 0.717) is 12.7 Å². The van der Waals surface area contributed by atoms with Crippen molar-refractivity contribution in [3.8, 4) is 0 Å². The predicted octanol–water partition coefficient (Wildman–Crippen LogP) is 1.25. The van der Waals surface area contributed by atoms with Gasteiger partial charge in [-0.25, -0.2) is 0 Å². The van der Waals surface area contributed by atoms with Crippen molar-refractivity contribution < 1.29 is 10.0 Å². The molecule has 81 valence electrons. The maximum absolute atomic E-state index is 8.69. The molecule has 1 radical (unpaired) electrons. The molecular formula is C11H17BNO2. The van der Waals surface area contributed by atoms with Gasteiger partial charge in [-0.05, 0) is 42.8 Å². The van der Waals surface area contributed by atoms with Crippen LogP contribution in [-0.2, 0) is 6.42 Å². The second-order valence-corrected chi connectivity index (χ2v) is 3.58. The van der Waals surface area contributed by atoms with E-state index in [1.165, 1.54) is 5.56 Å². The Morgan fingerprint density at radius 3 is 2.67 bits per heavy atom. The molecule has 1 aromatic rings. The molecule has 4 N–H and O–H groups in total. The third-order valence-electron chi connectivity index (χ3n) is 2.35. The molecule has 1 aromatic carbocycles. The summed E-state index contributed by atoms with van der Waals surface area (Å²) in [6, 6.07) is 5.97. The van der Waals surface area contributed by atoms with E-state index in [2.05, 4.69) is 6.92 Å². The Hall–Kier alpha value is -0.995. The summed E-state index contributed by atoms with van der Waals surface area (Å²) in [6.45, 7) is 2.08. The summed E-state index contributed by atoms with van der Waals surface area (Å²) in [5.74, 6) is 0. The number of rotatable bonds is 5. The van der Waals surface area contributed by atoms with E-state index in [9.17, 15) is 0 Å². The summed E-state index contributed by atoms with van der Waals surface area (Å²) in [5, 5.41) is 17.4. The maximum Gasteiger partial charge on any atom is 0.451 e. The molecule has 15 heavy (non-hydrogen) atoms. The lowest BCUT2D eigenvalue weighted by atomic mass is 9.83. The first-order valence-corrected chi connectivity index (χ1v) is 5.21. The number of anilines is 1. The van der Waals surface area contributed by atoms with Gasteiger partial charge in [0.2, 0.25) is 0 Å². The summed E-state index contributed by atoms with van der Waals surface area (Å²) in [6.07, 6.45) is 3.86. The molecule has 4 heteroatoms. The third kappa shape index (κ3) is 3.94. The van der Waals surface area contributed by atoms with Gasteiger partial charge in [0.1, 0.15) is 0 Å². The van der Waals surface area contributed by atoms with Gasteiger partial charge in [0.25, 0.3) is 0 Å². The van der Waals surface area contributed by atoms with Crippen LogP contribution in [0.4, 0.5) is 5.69 Å². The number of benzene rings is 1. The molecule has 0 fully saturated rings. The van der Waals surface area contributed by atoms with Gasteiger partial charge < -0.3 is 15.8 Å². The van der Waals surface area contributed by atoms with Crippen LogP contribution in [0.3, 0.4) is 0 Å². The molecular weight excluding hydrogens is 189 g/mol. The maximum atomic E-state index is 8.69. The quantitative estimate of drug-likeness (QED) is 0.501. The van der Waals surface area contributed by atoms with Crippen molar-refractivity contribution in [1.82, 2.24) is 0 Å². The van der Waals surface area contributed by atoms with Gasteiger partial charge in [0.15, 0.2) is 0 Å². The molecule has 0 aliphatic rings. The molecule has 1 rings (SSSR count). The molecule has 0 bridgehead atoms. The van der Waals surface area contributed by atoms with E-state index in [1.54, 1.807) is 0 Å². The summed E-state index contributed by atoms with van der Waals surface area (Å²) < 4.78 is 0. The first-order valence-electron chi connectivity index (χ1n) is 5.21. The molecule has 0 aliphatic carbocycles. The van der Waals surface area contributed by atoms with Gasteiger partial charge in [-0.15, -0.1) is 0 Å². The second-order valence-electron chi connectivity index (χ2n) is 3.58. The number of hydrogen-bond donors (Lipinski definition) is 3. The number of aryl methyl sites for hydroxylation is 1. The Morgan fingerprint density at radius 2 is 2.13 bits per heavy atom. The number of nitrogen functional groups attached to an aromatic ring is 1. The van der Waals surface area contributed by atoms with Gasteiger partial charge in [-0.3, -0.25) is 0 Å². The highest BCUT2D eigenvalue weighted by Crippen LogP contribution is 2.18. The molecule has 0 atom stereocenters. The molecule has 0 heterocycles. The van der Waals surface area contributed by atoms with E-state index in [-0.39, 0.29) is 0 Å². The van der Waals surface area contributed by atoms with Crippen LogP contribution in [0, 0.1) is 6.42 Å². The lowest BCUT2D eigenvalue weighted by Crippen LogP contribution is -2.09. The summed E-state index contributed by atoms with van der Waals surface area (Å²) >= 11 is 0. The largest absolute Gasteiger partial charge is 0.451 e. The van der Waals surface area contributed by atoms with Crippen molar-refractivity contribution in [3.63, 3.8) is 0 Å². The normalized spacial score (nSPS) is 10.3. The molecule has 0 aliphatic heterocycles. The van der Waals surface area contributed by atoms with Gasteiger partial charge in [0, 0.05) is 5.69 Å². The van der Waals surface area contributed by atoms with Crippen molar-refractivity contribution in [1.29, 1.82) is 0 Å². The lowest BCUT2D eigenvalue weighted by Gasteiger charge is -2.06. The molecule has 0 amide bonds. The fraction of sp³-hybridized carbons (Fsp3) is 0.364. The van der Waals surface area contributed by atoms with E-state index in [4.69, 9.17) is 15.8 Å². The molecule has 0 aromatic heterocycles. The topological polar surface area (TPSA) is 66.5 Å². The Bertz CT molecular complexity index is 315. The first kappa shape index (κ1) is 12.1. The smallest absolute Gasteiger partial charge is 0.427 e. The van der Waals surface area contributed by atoms with E-state index in [1.807, 2.05) is 24.6 Å². The van der Waals surface area contributed by atoms with Gasteiger partial charge in [-0.2, -0.15) is 0 Å². The zero-order chi connectivity index (χ0) is 11.3. The van der Waals surface area contributed by atoms with Crippen LogP contribution >= 0.6 is 0 Å². The van der Waals surface area contributed by atoms with Crippen LogP contribution in [0.2, 0.25) is 6.32 Å². The van der Waals surface area contributed by atoms with Crippen LogP contribution in [0.1, 0.15) is 24.5 Å². The standard InChI is InChI=1S/C11H17BNO2/c1-2-9-5-6-10(11(13)8-9)4-3-7-12(14)15/h4-6,8,14-15H,2-3,7,13H2,1H3. The van der Waals surface area contributed by atoms with Crippen LogP contribution in [0.15, 0.2) is 18.2 Å². The third-order valence-corrected chi connectivity index (χ3v) is 2.35. The van der Waals surface area contributed by atoms with Crippen molar-refractivity contribution in [2.75, 3.05) is 5.73 Å². The zero-order valence-electron chi connectivity index (χ0n) is 8.98. The monoisotopic (exact) mass is 206 g/mol. The Kier molecular flexibility index (Phi) is 4.65. The first-order chi connectivity index (χ1) is 7.13.